The van der Waals surface area contributed by atoms with Crippen molar-refractivity contribution in [3.05, 3.63) is 54.5 Å². The Morgan fingerprint density at radius 3 is 2.40 bits per heavy atom. The van der Waals surface area contributed by atoms with Crippen LogP contribution in [0.5, 0.6) is 5.75 Å². The number of likely N-dealkylation sites (tertiary alicyclic amines) is 1. The SMILES string of the molecule is CC(C)C(=O)O[C@H]1[C@H](c2ccc3c(N)ncnn23)O[C@]2(CF)C(O[P@@](=O)(N[C@@H](C)C(=O)O[C@@H]3CCN(C)C3)Oc3ccccc3)[C@]12OC(=O)C(C)C. The first-order valence-corrected chi connectivity index (χ1v) is 18.6. The summed E-state index contributed by atoms with van der Waals surface area (Å²) in [6.45, 7) is 7.68. The van der Waals surface area contributed by atoms with E-state index in [2.05, 4.69) is 15.2 Å². The van der Waals surface area contributed by atoms with Gasteiger partial charge >= 0.3 is 25.7 Å². The Labute approximate surface area is 300 Å². The summed E-state index contributed by atoms with van der Waals surface area (Å²) in [6.07, 6.45) is -3.04. The number of carbonyl (C=O) groups excluding carboxylic acids is 3. The summed E-state index contributed by atoms with van der Waals surface area (Å²) in [7, 11) is -2.80. The lowest BCUT2D eigenvalue weighted by molar-refractivity contribution is -0.181. The van der Waals surface area contributed by atoms with Crippen LogP contribution in [0.4, 0.5) is 10.2 Å². The van der Waals surface area contributed by atoms with E-state index in [9.17, 15) is 18.9 Å². The number of hydrogen-bond donors (Lipinski definition) is 2. The Morgan fingerprint density at radius 2 is 1.77 bits per heavy atom. The van der Waals surface area contributed by atoms with Crippen molar-refractivity contribution in [2.24, 2.45) is 11.8 Å². The molecule has 18 heteroatoms. The first-order chi connectivity index (χ1) is 24.6. The van der Waals surface area contributed by atoms with E-state index in [0.29, 0.717) is 18.5 Å². The molecule has 1 aliphatic carbocycles. The number of carbonyl (C=O) groups is 3. The van der Waals surface area contributed by atoms with Gasteiger partial charge in [-0.3, -0.25) is 18.9 Å². The molecule has 6 rings (SSSR count). The van der Waals surface area contributed by atoms with Crippen molar-refractivity contribution in [2.45, 2.75) is 82.7 Å². The molecular weight excluding hydrogens is 702 g/mol. The van der Waals surface area contributed by atoms with Crippen LogP contribution in [0.2, 0.25) is 0 Å². The Bertz CT molecular complexity index is 1860. The summed E-state index contributed by atoms with van der Waals surface area (Å²) in [5.41, 5.74) is 2.39. The number of halogens is 1. The second-order valence-electron chi connectivity index (χ2n) is 14.0. The van der Waals surface area contributed by atoms with Crippen LogP contribution in [0.15, 0.2) is 48.8 Å². The summed E-state index contributed by atoms with van der Waals surface area (Å²) in [4.78, 5) is 46.0. The third-order valence-corrected chi connectivity index (χ3v) is 11.1. The Balaban J connectivity index is 1.40. The van der Waals surface area contributed by atoms with Gasteiger partial charge in [0.1, 0.15) is 42.5 Å². The molecule has 4 heterocycles. The zero-order valence-corrected chi connectivity index (χ0v) is 30.7. The zero-order chi connectivity index (χ0) is 37.6. The van der Waals surface area contributed by atoms with E-state index in [1.807, 2.05) is 11.9 Å². The van der Waals surface area contributed by atoms with Gasteiger partial charge in [0, 0.05) is 13.1 Å². The van der Waals surface area contributed by atoms with E-state index >= 15 is 4.39 Å². The van der Waals surface area contributed by atoms with Gasteiger partial charge in [-0.1, -0.05) is 45.9 Å². The van der Waals surface area contributed by atoms with Crippen LogP contribution in [0.25, 0.3) is 5.52 Å². The third-order valence-electron chi connectivity index (χ3n) is 9.43. The number of hydrogen-bond acceptors (Lipinski definition) is 14. The van der Waals surface area contributed by atoms with Crippen molar-refractivity contribution in [1.82, 2.24) is 24.6 Å². The molecule has 3 aromatic rings. The molecule has 2 aromatic heterocycles. The number of likely N-dealkylation sites (N-methyl/N-ethyl adjacent to an activating group) is 1. The lowest BCUT2D eigenvalue weighted by Gasteiger charge is -2.31. The number of esters is 3. The molecule has 0 bridgehead atoms. The molecule has 1 unspecified atom stereocenters. The first-order valence-electron chi connectivity index (χ1n) is 17.1. The van der Waals surface area contributed by atoms with Gasteiger partial charge in [-0.05, 0) is 44.7 Å². The number of ether oxygens (including phenoxy) is 4. The molecule has 2 saturated heterocycles. The van der Waals surface area contributed by atoms with Gasteiger partial charge in [-0.25, -0.2) is 18.5 Å². The fourth-order valence-corrected chi connectivity index (χ4v) is 8.32. The lowest BCUT2D eigenvalue weighted by Crippen LogP contribution is -2.45. The Kier molecular flexibility index (Phi) is 10.4. The minimum Gasteiger partial charge on any atom is -0.460 e. The molecule has 8 atom stereocenters. The van der Waals surface area contributed by atoms with E-state index in [-0.39, 0.29) is 23.4 Å². The molecule has 1 aromatic carbocycles. The van der Waals surface area contributed by atoms with E-state index < -0.39 is 79.7 Å². The molecule has 0 radical (unpaired) electrons. The molecule has 282 valence electrons. The second-order valence-corrected chi connectivity index (χ2v) is 15.6. The molecule has 16 nitrogen and oxygen atoms in total. The monoisotopic (exact) mass is 746 g/mol. The zero-order valence-electron chi connectivity index (χ0n) is 29.8. The van der Waals surface area contributed by atoms with Crippen LogP contribution in [0, 0.1) is 11.8 Å². The normalized spacial score (nSPS) is 28.7. The predicted molar refractivity (Wildman–Crippen MR) is 182 cm³/mol. The number of nitrogen functional groups attached to an aromatic ring is 1. The molecule has 0 spiro atoms. The number of alkyl halides is 1. The van der Waals surface area contributed by atoms with Crippen LogP contribution in [-0.2, 0) is 42.4 Å². The van der Waals surface area contributed by atoms with Crippen molar-refractivity contribution in [2.75, 3.05) is 32.5 Å². The van der Waals surface area contributed by atoms with Crippen molar-refractivity contribution in [3.63, 3.8) is 0 Å². The van der Waals surface area contributed by atoms with Gasteiger partial charge < -0.3 is 34.1 Å². The average Bonchev–Trinajstić information content (AvgIpc) is 3.53. The smallest absolute Gasteiger partial charge is 0.459 e. The standard InChI is InChI=1S/C34H44FN6O10P/c1-19(2)29(42)47-27-26(24-12-13-25-28(36)37-18-38-41(24)25)48-33(17-35)32(34(27,33)49-30(43)20(3)4)51-52(45,50-22-10-8-7-9-11-22)39-21(5)31(44)46-23-14-15-40(6)16-23/h7-13,18-21,23,26-27,32H,14-17H2,1-6H3,(H,39,45)(H2,36,37,38)/t21-,23+,26-,27-,32?,33+,34+,52+/m0/s1. The minimum absolute atomic E-state index is 0.0863. The van der Waals surface area contributed by atoms with Crippen molar-refractivity contribution < 1.29 is 51.3 Å². The highest BCUT2D eigenvalue weighted by Gasteiger charge is 2.94. The van der Waals surface area contributed by atoms with E-state index in [0.717, 1.165) is 6.54 Å². The highest BCUT2D eigenvalue weighted by atomic mass is 31.2. The Hall–Kier alpha value is -4.15. The average molecular weight is 747 g/mol. The topological polar surface area (TPSA) is 195 Å². The van der Waals surface area contributed by atoms with Crippen molar-refractivity contribution >= 4 is 37.0 Å². The number of aromatic nitrogens is 3. The first kappa shape index (κ1) is 37.6. The predicted octanol–water partition coefficient (Wildman–Crippen LogP) is 3.41. The molecule has 1 saturated carbocycles. The highest BCUT2D eigenvalue weighted by molar-refractivity contribution is 7.52. The van der Waals surface area contributed by atoms with E-state index in [4.69, 9.17) is 33.7 Å². The summed E-state index contributed by atoms with van der Waals surface area (Å²) < 4.78 is 68.2. The van der Waals surface area contributed by atoms with E-state index in [1.165, 1.54) is 29.9 Å². The third kappa shape index (κ3) is 6.75. The fraction of sp³-hybridized carbons (Fsp3) is 0.559. The summed E-state index contributed by atoms with van der Waals surface area (Å²) in [6, 6.07) is 9.93. The van der Waals surface area contributed by atoms with Crippen LogP contribution in [0.1, 0.15) is 52.8 Å². The van der Waals surface area contributed by atoms with E-state index in [1.54, 1.807) is 58.0 Å². The number of rotatable bonds is 14. The molecule has 3 aliphatic rings. The van der Waals surface area contributed by atoms with Crippen molar-refractivity contribution in [3.8, 4) is 5.75 Å². The fourth-order valence-electron chi connectivity index (χ4n) is 6.58. The van der Waals surface area contributed by atoms with Crippen LogP contribution < -0.4 is 15.3 Å². The number of nitrogens with zero attached hydrogens (tertiary/aromatic N) is 4. The molecule has 0 amide bonds. The minimum atomic E-state index is -4.71. The van der Waals surface area contributed by atoms with Gasteiger partial charge in [0.05, 0.1) is 17.5 Å². The van der Waals surface area contributed by atoms with Gasteiger partial charge in [0.2, 0.25) is 5.60 Å². The van der Waals surface area contributed by atoms with Crippen LogP contribution in [0.3, 0.4) is 0 Å². The van der Waals surface area contributed by atoms with Crippen LogP contribution in [-0.4, -0.2) is 99.8 Å². The quantitative estimate of drug-likeness (QED) is 0.138. The summed E-state index contributed by atoms with van der Waals surface area (Å²) in [5, 5.41) is 6.89. The number of nitrogens with two attached hydrogens (primary N) is 1. The lowest BCUT2D eigenvalue weighted by atomic mass is 10.0. The van der Waals surface area contributed by atoms with Gasteiger partial charge in [0.25, 0.3) is 0 Å². The number of para-hydroxylation sites is 1. The number of nitrogens with one attached hydrogen (secondary N) is 1. The molecule has 52 heavy (non-hydrogen) atoms. The highest BCUT2D eigenvalue weighted by Crippen LogP contribution is 2.71. The summed E-state index contributed by atoms with van der Waals surface area (Å²) in [5.74, 6) is -3.41. The number of anilines is 1. The largest absolute Gasteiger partial charge is 0.460 e. The number of fused-ring (bicyclic) bond motifs is 2. The molecule has 3 fully saturated rings. The molecule has 2 aliphatic heterocycles. The molecular formula is C34H44FN6O10P. The van der Waals surface area contributed by atoms with Crippen molar-refractivity contribution in [1.29, 1.82) is 0 Å². The van der Waals surface area contributed by atoms with Crippen LogP contribution >= 0.6 is 7.75 Å². The maximum absolute atomic E-state index is 15.8. The van der Waals surface area contributed by atoms with Gasteiger partial charge in [0.15, 0.2) is 23.6 Å². The Morgan fingerprint density at radius 1 is 1.06 bits per heavy atom. The second kappa shape index (κ2) is 14.3. The maximum Gasteiger partial charge on any atom is 0.459 e. The molecule has 3 N–H and O–H groups in total. The summed E-state index contributed by atoms with van der Waals surface area (Å²) >= 11 is 0. The van der Waals surface area contributed by atoms with Gasteiger partial charge in [-0.15, -0.1) is 0 Å². The number of benzene rings is 1. The maximum atomic E-state index is 15.8. The van der Waals surface area contributed by atoms with Gasteiger partial charge in [-0.2, -0.15) is 10.2 Å².